The smallest absolute Gasteiger partial charge is 0.132 e. The van der Waals surface area contributed by atoms with Crippen molar-refractivity contribution in [1.29, 1.82) is 0 Å². The minimum Gasteiger partial charge on any atom is -0.361 e. The van der Waals surface area contributed by atoms with Crippen LogP contribution >= 0.6 is 0 Å². The Balaban J connectivity index is 2.35. The van der Waals surface area contributed by atoms with Crippen LogP contribution in [0.1, 0.15) is 18.9 Å². The number of nitrogens with two attached hydrogens (primary N) is 1. The van der Waals surface area contributed by atoms with Gasteiger partial charge >= 0.3 is 0 Å². The summed E-state index contributed by atoms with van der Waals surface area (Å²) in [4.78, 5) is 3.07. The van der Waals surface area contributed by atoms with Crippen molar-refractivity contribution in [2.45, 2.75) is 25.8 Å². The Kier molecular flexibility index (Phi) is 2.73. The first kappa shape index (κ1) is 10.2. The first-order valence-corrected chi connectivity index (χ1v) is 5.18. The molecule has 2 rings (SSSR count). The average molecular weight is 206 g/mol. The number of nitrogens with one attached hydrogen (secondary N) is 1. The number of aryl methyl sites for hydroxylation is 1. The molecule has 1 heterocycles. The van der Waals surface area contributed by atoms with Crippen molar-refractivity contribution in [3.05, 3.63) is 35.8 Å². The number of rotatable bonds is 3. The zero-order chi connectivity index (χ0) is 10.8. The molecule has 0 spiro atoms. The van der Waals surface area contributed by atoms with E-state index in [-0.39, 0.29) is 11.9 Å². The molecule has 80 valence electrons. The molecule has 2 aromatic rings. The second-order valence-electron chi connectivity index (χ2n) is 3.99. The molecular formula is C12H15FN2. The molecule has 15 heavy (non-hydrogen) atoms. The molecule has 0 saturated carbocycles. The molecule has 0 unspecified atom stereocenters. The van der Waals surface area contributed by atoms with Crippen molar-refractivity contribution in [2.24, 2.45) is 5.73 Å². The van der Waals surface area contributed by atoms with E-state index >= 15 is 0 Å². The van der Waals surface area contributed by atoms with Crippen LogP contribution in [-0.4, -0.2) is 11.0 Å². The van der Waals surface area contributed by atoms with Crippen LogP contribution in [0.5, 0.6) is 0 Å². The number of aromatic nitrogens is 1. The van der Waals surface area contributed by atoms with Gasteiger partial charge in [-0.1, -0.05) is 6.07 Å². The molecule has 1 aromatic heterocycles. The lowest BCUT2D eigenvalue weighted by atomic mass is 10.1. The Morgan fingerprint density at radius 2 is 2.27 bits per heavy atom. The van der Waals surface area contributed by atoms with E-state index in [9.17, 15) is 4.39 Å². The Bertz CT molecular complexity index is 460. The summed E-state index contributed by atoms with van der Waals surface area (Å²) in [7, 11) is 0. The molecule has 2 nitrogen and oxygen atoms in total. The monoisotopic (exact) mass is 206 g/mol. The van der Waals surface area contributed by atoms with Crippen molar-refractivity contribution in [3.8, 4) is 0 Å². The number of hydrogen-bond acceptors (Lipinski definition) is 1. The lowest BCUT2D eigenvalue weighted by Crippen LogP contribution is -2.15. The van der Waals surface area contributed by atoms with E-state index in [2.05, 4.69) is 4.98 Å². The van der Waals surface area contributed by atoms with Crippen LogP contribution in [-0.2, 0) is 6.42 Å². The summed E-state index contributed by atoms with van der Waals surface area (Å²) in [6.45, 7) is 1.96. The van der Waals surface area contributed by atoms with Gasteiger partial charge in [-0.2, -0.15) is 0 Å². The van der Waals surface area contributed by atoms with Gasteiger partial charge in [0.25, 0.3) is 0 Å². The molecule has 3 heteroatoms. The van der Waals surface area contributed by atoms with Crippen LogP contribution < -0.4 is 5.73 Å². The van der Waals surface area contributed by atoms with E-state index in [1.807, 2.05) is 19.2 Å². The van der Waals surface area contributed by atoms with Gasteiger partial charge < -0.3 is 10.7 Å². The van der Waals surface area contributed by atoms with Gasteiger partial charge in [0.1, 0.15) is 5.82 Å². The zero-order valence-electron chi connectivity index (χ0n) is 8.76. The van der Waals surface area contributed by atoms with E-state index in [0.717, 1.165) is 23.9 Å². The van der Waals surface area contributed by atoms with Gasteiger partial charge in [0.15, 0.2) is 0 Å². The molecular weight excluding hydrogens is 191 g/mol. The Labute approximate surface area is 88.3 Å². The van der Waals surface area contributed by atoms with E-state index < -0.39 is 0 Å². The minimum absolute atomic E-state index is 0.154. The summed E-state index contributed by atoms with van der Waals surface area (Å²) in [6, 6.07) is 5.24. The van der Waals surface area contributed by atoms with Crippen molar-refractivity contribution in [2.75, 3.05) is 0 Å². The Hall–Kier alpha value is -1.35. The van der Waals surface area contributed by atoms with Crippen LogP contribution in [0.2, 0.25) is 0 Å². The lowest BCUT2D eigenvalue weighted by molar-refractivity contribution is 0.635. The van der Waals surface area contributed by atoms with Gasteiger partial charge in [0.05, 0.1) is 0 Å². The zero-order valence-corrected chi connectivity index (χ0v) is 8.76. The van der Waals surface area contributed by atoms with E-state index in [1.165, 1.54) is 6.07 Å². The highest BCUT2D eigenvalue weighted by atomic mass is 19.1. The molecule has 0 aliphatic carbocycles. The van der Waals surface area contributed by atoms with Crippen LogP contribution in [0.15, 0.2) is 24.4 Å². The molecule has 0 radical (unpaired) electrons. The number of benzene rings is 1. The third-order valence-corrected chi connectivity index (χ3v) is 2.61. The Morgan fingerprint density at radius 3 is 3.00 bits per heavy atom. The summed E-state index contributed by atoms with van der Waals surface area (Å²) < 4.78 is 13.6. The molecule has 3 N–H and O–H groups in total. The number of fused-ring (bicyclic) bond motifs is 1. The van der Waals surface area contributed by atoms with Gasteiger partial charge in [-0.3, -0.25) is 0 Å². The predicted octanol–water partition coefficient (Wildman–Crippen LogP) is 2.59. The third-order valence-electron chi connectivity index (χ3n) is 2.61. The molecule has 1 aromatic carbocycles. The first-order valence-electron chi connectivity index (χ1n) is 5.18. The van der Waals surface area contributed by atoms with Crippen molar-refractivity contribution < 1.29 is 4.39 Å². The maximum Gasteiger partial charge on any atom is 0.132 e. The first-order chi connectivity index (χ1) is 7.18. The molecule has 0 saturated heterocycles. The highest BCUT2D eigenvalue weighted by molar-refractivity contribution is 5.83. The maximum absolute atomic E-state index is 13.6. The lowest BCUT2D eigenvalue weighted by Gasteiger charge is -2.03. The van der Waals surface area contributed by atoms with Gasteiger partial charge in [-0.05, 0) is 37.5 Å². The molecule has 0 aliphatic rings. The standard InChI is InChI=1S/C12H15FN2/c1-8(14)5-6-9-7-15-11-4-2-3-10(13)12(9)11/h2-4,7-8,15H,5-6,14H2,1H3/t8-/m1/s1. The predicted molar refractivity (Wildman–Crippen MR) is 60.2 cm³/mol. The Morgan fingerprint density at radius 1 is 1.47 bits per heavy atom. The molecule has 0 aliphatic heterocycles. The number of halogens is 1. The second kappa shape index (κ2) is 4.03. The number of H-pyrrole nitrogens is 1. The molecule has 0 amide bonds. The third kappa shape index (κ3) is 2.02. The minimum atomic E-state index is -0.159. The highest BCUT2D eigenvalue weighted by Gasteiger charge is 2.08. The molecule has 1 atom stereocenters. The fraction of sp³-hybridized carbons (Fsp3) is 0.333. The molecule has 0 bridgehead atoms. The van der Waals surface area contributed by atoms with Crippen molar-refractivity contribution in [1.82, 2.24) is 4.98 Å². The maximum atomic E-state index is 13.6. The second-order valence-corrected chi connectivity index (χ2v) is 3.99. The summed E-state index contributed by atoms with van der Waals surface area (Å²) >= 11 is 0. The van der Waals surface area contributed by atoms with Gasteiger partial charge in [-0.15, -0.1) is 0 Å². The van der Waals surface area contributed by atoms with Crippen LogP contribution in [0.25, 0.3) is 10.9 Å². The van der Waals surface area contributed by atoms with Crippen molar-refractivity contribution >= 4 is 10.9 Å². The van der Waals surface area contributed by atoms with E-state index in [1.54, 1.807) is 6.07 Å². The summed E-state index contributed by atoms with van der Waals surface area (Å²) in [5.41, 5.74) is 7.56. The normalized spacial score (nSPS) is 13.3. The number of hydrogen-bond donors (Lipinski definition) is 2. The average Bonchev–Trinajstić information content (AvgIpc) is 2.59. The fourth-order valence-electron chi connectivity index (χ4n) is 1.79. The van der Waals surface area contributed by atoms with E-state index in [0.29, 0.717) is 5.39 Å². The summed E-state index contributed by atoms with van der Waals surface area (Å²) in [6.07, 6.45) is 3.57. The van der Waals surface area contributed by atoms with Crippen molar-refractivity contribution in [3.63, 3.8) is 0 Å². The highest BCUT2D eigenvalue weighted by Crippen LogP contribution is 2.22. The topological polar surface area (TPSA) is 41.8 Å². The van der Waals surface area contributed by atoms with Gasteiger partial charge in [0, 0.05) is 23.1 Å². The van der Waals surface area contributed by atoms with Crippen LogP contribution in [0.4, 0.5) is 4.39 Å². The quantitative estimate of drug-likeness (QED) is 0.796. The SMILES string of the molecule is C[C@@H](N)CCc1c[nH]c2cccc(F)c12. The van der Waals surface area contributed by atoms with E-state index in [4.69, 9.17) is 5.73 Å². The summed E-state index contributed by atoms with van der Waals surface area (Å²) in [5.74, 6) is -0.159. The van der Waals surface area contributed by atoms with Crippen LogP contribution in [0, 0.1) is 5.82 Å². The van der Waals surface area contributed by atoms with Gasteiger partial charge in [0.2, 0.25) is 0 Å². The van der Waals surface area contributed by atoms with Crippen LogP contribution in [0.3, 0.4) is 0 Å². The number of aromatic amines is 1. The summed E-state index contributed by atoms with van der Waals surface area (Å²) in [5, 5.41) is 0.707. The fourth-order valence-corrected chi connectivity index (χ4v) is 1.79. The largest absolute Gasteiger partial charge is 0.361 e. The van der Waals surface area contributed by atoms with Gasteiger partial charge in [-0.25, -0.2) is 4.39 Å². The molecule has 0 fully saturated rings.